The van der Waals surface area contributed by atoms with E-state index in [0.29, 0.717) is 12.5 Å². The van der Waals surface area contributed by atoms with Crippen LogP contribution in [0.15, 0.2) is 4.52 Å². The van der Waals surface area contributed by atoms with Crippen LogP contribution in [0.5, 0.6) is 0 Å². The fraction of sp³-hybridized carbons (Fsp3) is 0.800. The molecule has 0 aromatic carbocycles. The minimum absolute atomic E-state index is 0.0776. The second-order valence-corrected chi connectivity index (χ2v) is 4.77. The van der Waals surface area contributed by atoms with Crippen LogP contribution >= 0.6 is 11.8 Å². The third-order valence-corrected chi connectivity index (χ3v) is 3.43. The Hall–Kier alpha value is -0.590. The highest BCUT2D eigenvalue weighted by Crippen LogP contribution is 2.18. The van der Waals surface area contributed by atoms with Crippen molar-refractivity contribution >= 4 is 11.8 Å². The average Bonchev–Trinajstić information content (AvgIpc) is 2.79. The molecule has 0 amide bonds. The molecule has 1 N–H and O–H groups in total. The summed E-state index contributed by atoms with van der Waals surface area (Å²) in [5.74, 6) is 3.31. The molecule has 5 nitrogen and oxygen atoms in total. The van der Waals surface area contributed by atoms with E-state index in [2.05, 4.69) is 22.4 Å². The van der Waals surface area contributed by atoms with E-state index in [1.165, 1.54) is 6.42 Å². The molecule has 1 fully saturated rings. The van der Waals surface area contributed by atoms with E-state index >= 15 is 0 Å². The molecule has 1 aliphatic heterocycles. The largest absolute Gasteiger partial charge is 0.366 e. The van der Waals surface area contributed by atoms with Crippen LogP contribution in [-0.4, -0.2) is 35.6 Å². The molecule has 1 aromatic heterocycles. The van der Waals surface area contributed by atoms with Gasteiger partial charge in [-0.25, -0.2) is 0 Å². The molecule has 2 heterocycles. The first-order valence-electron chi connectivity index (χ1n) is 5.62. The van der Waals surface area contributed by atoms with Crippen molar-refractivity contribution in [3.05, 3.63) is 11.7 Å². The number of morpholine rings is 1. The number of hydrogen-bond acceptors (Lipinski definition) is 6. The van der Waals surface area contributed by atoms with Gasteiger partial charge >= 0.3 is 0 Å². The zero-order chi connectivity index (χ0) is 11.2. The lowest BCUT2D eigenvalue weighted by molar-refractivity contribution is 0.00755. The monoisotopic (exact) mass is 243 g/mol. The van der Waals surface area contributed by atoms with Gasteiger partial charge in [-0.3, -0.25) is 0 Å². The summed E-state index contributed by atoms with van der Waals surface area (Å²) >= 11 is 1.82. The van der Waals surface area contributed by atoms with Gasteiger partial charge in [0.05, 0.1) is 12.4 Å². The number of rotatable bonds is 5. The Labute approximate surface area is 99.3 Å². The highest BCUT2D eigenvalue weighted by atomic mass is 32.2. The molecule has 1 unspecified atom stereocenters. The highest BCUT2D eigenvalue weighted by molar-refractivity contribution is 7.98. The summed E-state index contributed by atoms with van der Waals surface area (Å²) in [5, 5.41) is 7.19. The van der Waals surface area contributed by atoms with Gasteiger partial charge in [-0.1, -0.05) is 12.1 Å². The summed E-state index contributed by atoms with van der Waals surface area (Å²) in [4.78, 5) is 4.34. The van der Waals surface area contributed by atoms with Crippen LogP contribution in [0.2, 0.25) is 0 Å². The van der Waals surface area contributed by atoms with Crippen LogP contribution in [0.3, 0.4) is 0 Å². The molecule has 6 heteroatoms. The third-order valence-electron chi connectivity index (χ3n) is 2.27. The number of nitrogens with one attached hydrogen (secondary N) is 1. The van der Waals surface area contributed by atoms with E-state index in [0.717, 1.165) is 30.4 Å². The van der Waals surface area contributed by atoms with Crippen molar-refractivity contribution in [3.63, 3.8) is 0 Å². The fourth-order valence-corrected chi connectivity index (χ4v) is 2.22. The zero-order valence-corrected chi connectivity index (χ0v) is 10.3. The SMILES string of the molecule is CCCSCc1noc(C2CNCCO2)n1. The zero-order valence-electron chi connectivity index (χ0n) is 9.44. The van der Waals surface area contributed by atoms with Gasteiger partial charge in [0, 0.05) is 13.1 Å². The molecule has 0 aliphatic carbocycles. The molecular weight excluding hydrogens is 226 g/mol. The van der Waals surface area contributed by atoms with Crippen LogP contribution in [0.25, 0.3) is 0 Å². The normalized spacial score (nSPS) is 21.2. The van der Waals surface area contributed by atoms with Gasteiger partial charge < -0.3 is 14.6 Å². The van der Waals surface area contributed by atoms with Crippen molar-refractivity contribution in [3.8, 4) is 0 Å². The molecule has 0 spiro atoms. The van der Waals surface area contributed by atoms with Gasteiger partial charge in [0.25, 0.3) is 5.89 Å². The van der Waals surface area contributed by atoms with Crippen LogP contribution in [0.1, 0.15) is 31.2 Å². The Kier molecular flexibility index (Phi) is 4.62. The predicted octanol–water partition coefficient (Wildman–Crippen LogP) is 1.37. The third kappa shape index (κ3) is 3.20. The molecule has 0 bridgehead atoms. The lowest BCUT2D eigenvalue weighted by Gasteiger charge is -2.19. The maximum atomic E-state index is 5.54. The van der Waals surface area contributed by atoms with Crippen molar-refractivity contribution in [2.45, 2.75) is 25.2 Å². The molecule has 1 aromatic rings. The van der Waals surface area contributed by atoms with Crippen LogP contribution in [0.4, 0.5) is 0 Å². The number of thioether (sulfide) groups is 1. The van der Waals surface area contributed by atoms with Gasteiger partial charge in [0.15, 0.2) is 5.82 Å². The minimum atomic E-state index is -0.0776. The number of hydrogen-bond donors (Lipinski definition) is 1. The summed E-state index contributed by atoms with van der Waals surface area (Å²) in [6.45, 7) is 4.51. The number of nitrogens with zero attached hydrogens (tertiary/aromatic N) is 2. The van der Waals surface area contributed by atoms with Crippen LogP contribution in [-0.2, 0) is 10.5 Å². The first-order valence-corrected chi connectivity index (χ1v) is 6.78. The van der Waals surface area contributed by atoms with E-state index in [1.54, 1.807) is 0 Å². The Balaban J connectivity index is 1.85. The van der Waals surface area contributed by atoms with Crippen molar-refractivity contribution in [1.82, 2.24) is 15.5 Å². The highest BCUT2D eigenvalue weighted by Gasteiger charge is 2.21. The molecule has 1 saturated heterocycles. The van der Waals surface area contributed by atoms with Gasteiger partial charge in [-0.05, 0) is 12.2 Å². The Morgan fingerprint density at radius 2 is 2.50 bits per heavy atom. The summed E-state index contributed by atoms with van der Waals surface area (Å²) in [6, 6.07) is 0. The van der Waals surface area contributed by atoms with E-state index in [-0.39, 0.29) is 6.10 Å². The molecule has 0 radical (unpaired) electrons. The average molecular weight is 243 g/mol. The predicted molar refractivity (Wildman–Crippen MR) is 62.3 cm³/mol. The summed E-state index contributed by atoms with van der Waals surface area (Å²) in [5.41, 5.74) is 0. The van der Waals surface area contributed by atoms with Crippen molar-refractivity contribution in [2.24, 2.45) is 0 Å². The van der Waals surface area contributed by atoms with E-state index in [1.807, 2.05) is 11.8 Å². The summed E-state index contributed by atoms with van der Waals surface area (Å²) in [7, 11) is 0. The molecule has 1 atom stereocenters. The molecule has 2 rings (SSSR count). The van der Waals surface area contributed by atoms with E-state index < -0.39 is 0 Å². The van der Waals surface area contributed by atoms with Gasteiger partial charge in [-0.15, -0.1) is 0 Å². The first-order chi connectivity index (χ1) is 7.90. The van der Waals surface area contributed by atoms with E-state index in [4.69, 9.17) is 9.26 Å². The standard InChI is InChI=1S/C10H17N3O2S/c1-2-5-16-7-9-12-10(15-13-9)8-6-11-3-4-14-8/h8,11H,2-7H2,1H3. The first kappa shape index (κ1) is 11.9. The lowest BCUT2D eigenvalue weighted by atomic mass is 10.3. The number of aromatic nitrogens is 2. The maximum absolute atomic E-state index is 5.54. The number of ether oxygens (including phenoxy) is 1. The fourth-order valence-electron chi connectivity index (χ4n) is 1.49. The van der Waals surface area contributed by atoms with E-state index in [9.17, 15) is 0 Å². The van der Waals surface area contributed by atoms with Crippen LogP contribution < -0.4 is 5.32 Å². The second-order valence-electron chi connectivity index (χ2n) is 3.66. The van der Waals surface area contributed by atoms with Crippen molar-refractivity contribution in [2.75, 3.05) is 25.4 Å². The van der Waals surface area contributed by atoms with Crippen LogP contribution in [0, 0.1) is 0 Å². The molecule has 1 aliphatic rings. The Morgan fingerprint density at radius 1 is 1.56 bits per heavy atom. The molecule has 16 heavy (non-hydrogen) atoms. The molecule has 90 valence electrons. The summed E-state index contributed by atoms with van der Waals surface area (Å²) in [6.07, 6.45) is 1.09. The second kappa shape index (κ2) is 6.22. The quantitative estimate of drug-likeness (QED) is 0.788. The molecule has 0 saturated carbocycles. The Bertz CT molecular complexity index is 313. The van der Waals surface area contributed by atoms with Crippen molar-refractivity contribution < 1.29 is 9.26 Å². The summed E-state index contributed by atoms with van der Waals surface area (Å²) < 4.78 is 10.7. The molecular formula is C10H17N3O2S. The minimum Gasteiger partial charge on any atom is -0.366 e. The van der Waals surface area contributed by atoms with Gasteiger partial charge in [0.1, 0.15) is 6.10 Å². The smallest absolute Gasteiger partial charge is 0.257 e. The van der Waals surface area contributed by atoms with Gasteiger partial charge in [0.2, 0.25) is 0 Å². The topological polar surface area (TPSA) is 60.2 Å². The van der Waals surface area contributed by atoms with Gasteiger partial charge in [-0.2, -0.15) is 16.7 Å². The van der Waals surface area contributed by atoms with Crippen molar-refractivity contribution in [1.29, 1.82) is 0 Å². The lowest BCUT2D eigenvalue weighted by Crippen LogP contribution is -2.33. The Morgan fingerprint density at radius 3 is 3.25 bits per heavy atom. The maximum Gasteiger partial charge on any atom is 0.257 e.